The summed E-state index contributed by atoms with van der Waals surface area (Å²) in [7, 11) is 1.64. The Morgan fingerprint density at radius 2 is 2.05 bits per heavy atom. The van der Waals surface area contributed by atoms with Gasteiger partial charge in [-0.1, -0.05) is 12.1 Å². The second-order valence-electron chi connectivity index (χ2n) is 4.79. The van der Waals surface area contributed by atoms with Gasteiger partial charge >= 0.3 is 0 Å². The van der Waals surface area contributed by atoms with Crippen molar-refractivity contribution in [3.05, 3.63) is 29.8 Å². The van der Waals surface area contributed by atoms with E-state index in [1.54, 1.807) is 7.11 Å². The minimum atomic E-state index is -0.0891. The molecule has 1 aliphatic carbocycles. The maximum absolute atomic E-state index is 11.8. The molecule has 0 radical (unpaired) electrons. The third kappa shape index (κ3) is 3.96. The standard InChI is InChI=1S/C15H21NO3/c1-3-19-13-8-6-11(7-9-13)14(10-18-2)16-15(17)12-4-5-12/h6-9,12,14H,3-5,10H2,1-2H3,(H,16,17)/t14-/m1/s1. The number of carbonyl (C=O) groups is 1. The molecule has 0 saturated heterocycles. The summed E-state index contributed by atoms with van der Waals surface area (Å²) in [5.41, 5.74) is 1.04. The summed E-state index contributed by atoms with van der Waals surface area (Å²) in [6, 6.07) is 7.70. The molecule has 4 heteroatoms. The van der Waals surface area contributed by atoms with Gasteiger partial charge in [-0.3, -0.25) is 4.79 Å². The van der Waals surface area contributed by atoms with Crippen LogP contribution in [0.3, 0.4) is 0 Å². The Hall–Kier alpha value is -1.55. The van der Waals surface area contributed by atoms with Crippen molar-refractivity contribution in [2.45, 2.75) is 25.8 Å². The number of amides is 1. The van der Waals surface area contributed by atoms with Crippen LogP contribution in [0.5, 0.6) is 5.75 Å². The topological polar surface area (TPSA) is 47.6 Å². The smallest absolute Gasteiger partial charge is 0.223 e. The molecule has 1 fully saturated rings. The number of methoxy groups -OCH3 is 1. The van der Waals surface area contributed by atoms with E-state index in [1.165, 1.54) is 0 Å². The van der Waals surface area contributed by atoms with Crippen LogP contribution < -0.4 is 10.1 Å². The lowest BCUT2D eigenvalue weighted by molar-refractivity contribution is -0.123. The summed E-state index contributed by atoms with van der Waals surface area (Å²) in [5, 5.41) is 3.04. The van der Waals surface area contributed by atoms with Crippen LogP contribution in [0.1, 0.15) is 31.4 Å². The summed E-state index contributed by atoms with van der Waals surface area (Å²) in [4.78, 5) is 11.8. The van der Waals surface area contributed by atoms with Crippen LogP contribution in [0.2, 0.25) is 0 Å². The summed E-state index contributed by atoms with van der Waals surface area (Å²) in [6.07, 6.45) is 2.02. The predicted molar refractivity (Wildman–Crippen MR) is 73.1 cm³/mol. The average Bonchev–Trinajstić information content (AvgIpc) is 3.24. The van der Waals surface area contributed by atoms with Crippen LogP contribution in [0.15, 0.2) is 24.3 Å². The van der Waals surface area contributed by atoms with Crippen molar-refractivity contribution in [1.82, 2.24) is 5.32 Å². The van der Waals surface area contributed by atoms with Gasteiger partial charge in [0.05, 0.1) is 19.3 Å². The monoisotopic (exact) mass is 263 g/mol. The maximum Gasteiger partial charge on any atom is 0.223 e. The molecule has 19 heavy (non-hydrogen) atoms. The first-order chi connectivity index (χ1) is 9.24. The van der Waals surface area contributed by atoms with Gasteiger partial charge < -0.3 is 14.8 Å². The van der Waals surface area contributed by atoms with Gasteiger partial charge in [-0.15, -0.1) is 0 Å². The predicted octanol–water partition coefficient (Wildman–Crippen LogP) is 2.30. The van der Waals surface area contributed by atoms with Crippen LogP contribution in [0.4, 0.5) is 0 Å². The normalized spacial score (nSPS) is 15.9. The third-order valence-electron chi connectivity index (χ3n) is 3.19. The molecule has 2 rings (SSSR count). The van der Waals surface area contributed by atoms with Gasteiger partial charge in [-0.05, 0) is 37.5 Å². The fourth-order valence-electron chi connectivity index (χ4n) is 1.99. The van der Waals surface area contributed by atoms with Gasteiger partial charge in [0.1, 0.15) is 5.75 Å². The number of hydrogen-bond donors (Lipinski definition) is 1. The van der Waals surface area contributed by atoms with Crippen LogP contribution in [-0.2, 0) is 9.53 Å². The van der Waals surface area contributed by atoms with Crippen LogP contribution in [-0.4, -0.2) is 26.2 Å². The fourth-order valence-corrected chi connectivity index (χ4v) is 1.99. The highest BCUT2D eigenvalue weighted by molar-refractivity contribution is 5.81. The van der Waals surface area contributed by atoms with Crippen molar-refractivity contribution in [1.29, 1.82) is 0 Å². The van der Waals surface area contributed by atoms with E-state index in [9.17, 15) is 4.79 Å². The Kier molecular flexibility index (Phi) is 4.80. The minimum absolute atomic E-state index is 0.0891. The fraction of sp³-hybridized carbons (Fsp3) is 0.533. The van der Waals surface area contributed by atoms with Gasteiger partial charge in [-0.25, -0.2) is 0 Å². The van der Waals surface area contributed by atoms with E-state index in [0.717, 1.165) is 24.2 Å². The first-order valence-electron chi connectivity index (χ1n) is 6.76. The summed E-state index contributed by atoms with van der Waals surface area (Å²) in [6.45, 7) is 3.09. The van der Waals surface area contributed by atoms with Crippen LogP contribution in [0, 0.1) is 5.92 Å². The molecule has 0 aromatic heterocycles. The van der Waals surface area contributed by atoms with Crippen molar-refractivity contribution >= 4 is 5.91 Å². The molecule has 1 aliphatic rings. The van der Waals surface area contributed by atoms with E-state index in [0.29, 0.717) is 13.2 Å². The quantitative estimate of drug-likeness (QED) is 0.821. The summed E-state index contributed by atoms with van der Waals surface area (Å²) < 4.78 is 10.6. The number of ether oxygens (including phenoxy) is 2. The summed E-state index contributed by atoms with van der Waals surface area (Å²) >= 11 is 0. The second kappa shape index (κ2) is 6.57. The maximum atomic E-state index is 11.8. The Morgan fingerprint density at radius 1 is 1.37 bits per heavy atom. The SMILES string of the molecule is CCOc1ccc([C@@H](COC)NC(=O)C2CC2)cc1. The molecule has 0 heterocycles. The molecule has 1 aromatic rings. The molecule has 1 N–H and O–H groups in total. The highest BCUT2D eigenvalue weighted by Gasteiger charge is 2.31. The van der Waals surface area contributed by atoms with Gasteiger partial charge in [0.15, 0.2) is 0 Å². The zero-order chi connectivity index (χ0) is 13.7. The largest absolute Gasteiger partial charge is 0.494 e. The van der Waals surface area contributed by atoms with Gasteiger partial charge in [0.25, 0.3) is 0 Å². The highest BCUT2D eigenvalue weighted by Crippen LogP contribution is 2.30. The van der Waals surface area contributed by atoms with Crippen LogP contribution in [0.25, 0.3) is 0 Å². The van der Waals surface area contributed by atoms with Crippen LogP contribution >= 0.6 is 0 Å². The highest BCUT2D eigenvalue weighted by atomic mass is 16.5. The van der Waals surface area contributed by atoms with E-state index in [2.05, 4.69) is 5.32 Å². The van der Waals surface area contributed by atoms with Crippen molar-refractivity contribution in [2.24, 2.45) is 5.92 Å². The lowest BCUT2D eigenvalue weighted by Crippen LogP contribution is -2.32. The molecule has 1 atom stereocenters. The Morgan fingerprint density at radius 3 is 2.58 bits per heavy atom. The number of hydrogen-bond acceptors (Lipinski definition) is 3. The molecule has 4 nitrogen and oxygen atoms in total. The molecule has 1 aromatic carbocycles. The van der Waals surface area contributed by atoms with E-state index < -0.39 is 0 Å². The number of rotatable bonds is 7. The molecular weight excluding hydrogens is 242 g/mol. The Balaban J connectivity index is 2.02. The van der Waals surface area contributed by atoms with E-state index in [-0.39, 0.29) is 17.9 Å². The van der Waals surface area contributed by atoms with Gasteiger partial charge in [0.2, 0.25) is 5.91 Å². The number of nitrogens with one attached hydrogen (secondary N) is 1. The molecule has 0 bridgehead atoms. The Labute approximate surface area is 114 Å². The first-order valence-corrected chi connectivity index (χ1v) is 6.76. The van der Waals surface area contributed by atoms with Gasteiger partial charge in [0, 0.05) is 13.0 Å². The molecule has 104 valence electrons. The lowest BCUT2D eigenvalue weighted by Gasteiger charge is -2.18. The van der Waals surface area contributed by atoms with Crippen molar-refractivity contribution in [3.63, 3.8) is 0 Å². The van der Waals surface area contributed by atoms with Crippen molar-refractivity contribution in [2.75, 3.05) is 20.3 Å². The average molecular weight is 263 g/mol. The van der Waals surface area contributed by atoms with Crippen molar-refractivity contribution in [3.8, 4) is 5.75 Å². The molecule has 0 spiro atoms. The first kappa shape index (κ1) is 13.9. The van der Waals surface area contributed by atoms with Gasteiger partial charge in [-0.2, -0.15) is 0 Å². The molecule has 0 unspecified atom stereocenters. The molecular formula is C15H21NO3. The lowest BCUT2D eigenvalue weighted by atomic mass is 10.1. The third-order valence-corrected chi connectivity index (χ3v) is 3.19. The van der Waals surface area contributed by atoms with E-state index >= 15 is 0 Å². The second-order valence-corrected chi connectivity index (χ2v) is 4.79. The molecule has 1 saturated carbocycles. The Bertz CT molecular complexity index is 412. The zero-order valence-electron chi connectivity index (χ0n) is 11.5. The van der Waals surface area contributed by atoms with Crippen molar-refractivity contribution < 1.29 is 14.3 Å². The van der Waals surface area contributed by atoms with E-state index in [1.807, 2.05) is 31.2 Å². The number of carbonyl (C=O) groups excluding carboxylic acids is 1. The zero-order valence-corrected chi connectivity index (χ0v) is 11.5. The number of benzene rings is 1. The summed E-state index contributed by atoms with van der Waals surface area (Å²) in [5.74, 6) is 1.19. The molecule has 0 aliphatic heterocycles. The minimum Gasteiger partial charge on any atom is -0.494 e. The molecule has 1 amide bonds. The van der Waals surface area contributed by atoms with E-state index in [4.69, 9.17) is 9.47 Å².